The Labute approximate surface area is 162 Å². The smallest absolute Gasteiger partial charge is 0.255 e. The van der Waals surface area contributed by atoms with Gasteiger partial charge in [-0.3, -0.25) is 9.59 Å². The molecule has 0 radical (unpaired) electrons. The van der Waals surface area contributed by atoms with E-state index in [1.165, 1.54) is 12.8 Å². The summed E-state index contributed by atoms with van der Waals surface area (Å²) in [5.41, 5.74) is 6.70. The second kappa shape index (κ2) is 9.97. The summed E-state index contributed by atoms with van der Waals surface area (Å²) in [7, 11) is 0. The molecule has 0 saturated carbocycles. The van der Waals surface area contributed by atoms with Crippen molar-refractivity contribution in [2.45, 2.75) is 32.6 Å². The van der Waals surface area contributed by atoms with E-state index in [0.29, 0.717) is 23.4 Å². The summed E-state index contributed by atoms with van der Waals surface area (Å²) in [5, 5.41) is 2.78. The van der Waals surface area contributed by atoms with Crippen LogP contribution in [0.25, 0.3) is 0 Å². The minimum atomic E-state index is -0.503. The lowest BCUT2D eigenvalue weighted by Gasteiger charge is -2.10. The van der Waals surface area contributed by atoms with Crippen molar-refractivity contribution in [3.8, 4) is 5.75 Å². The number of hydrogen-bond acceptors (Lipinski definition) is 3. The van der Waals surface area contributed by atoms with E-state index in [9.17, 15) is 9.59 Å². The van der Waals surface area contributed by atoms with E-state index in [0.717, 1.165) is 23.1 Å². The fraction of sp³-hybridized carbons (Fsp3) is 0.300. The molecule has 3 N–H and O–H groups in total. The average molecular weight is 419 g/mol. The first-order chi connectivity index (χ1) is 12.5. The molecule has 0 spiro atoms. The van der Waals surface area contributed by atoms with E-state index in [2.05, 4.69) is 28.2 Å². The number of unbranched alkanes of at least 4 members (excludes halogenated alkanes) is 3. The van der Waals surface area contributed by atoms with Gasteiger partial charge in [-0.2, -0.15) is 0 Å². The quantitative estimate of drug-likeness (QED) is 0.575. The number of nitrogens with two attached hydrogens (primary N) is 1. The largest absolute Gasteiger partial charge is 0.492 e. The van der Waals surface area contributed by atoms with Crippen LogP contribution in [0.3, 0.4) is 0 Å². The lowest BCUT2D eigenvalue weighted by molar-refractivity contribution is 0.0998. The van der Waals surface area contributed by atoms with Gasteiger partial charge in [-0.1, -0.05) is 26.2 Å². The zero-order valence-electron chi connectivity index (χ0n) is 14.8. The number of carbonyl (C=O) groups is 2. The van der Waals surface area contributed by atoms with Gasteiger partial charge < -0.3 is 15.8 Å². The van der Waals surface area contributed by atoms with Crippen molar-refractivity contribution in [2.75, 3.05) is 11.9 Å². The van der Waals surface area contributed by atoms with Crippen LogP contribution in [0.4, 0.5) is 5.69 Å². The standard InChI is InChI=1S/C20H23BrN2O3/c1-2-3-4-5-12-26-18-11-8-15(13-17(18)21)20(25)23-16-9-6-14(7-10-16)19(22)24/h6-11,13H,2-5,12H2,1H3,(H2,22,24)(H,23,25). The summed E-state index contributed by atoms with van der Waals surface area (Å²) < 4.78 is 6.49. The van der Waals surface area contributed by atoms with Crippen LogP contribution in [0, 0.1) is 0 Å². The third-order valence-electron chi connectivity index (χ3n) is 3.88. The number of halogens is 1. The number of nitrogens with one attached hydrogen (secondary N) is 1. The van der Waals surface area contributed by atoms with E-state index >= 15 is 0 Å². The molecule has 2 aromatic rings. The Bertz CT molecular complexity index is 760. The number of hydrogen-bond donors (Lipinski definition) is 2. The Morgan fingerprint density at radius 1 is 1.04 bits per heavy atom. The van der Waals surface area contributed by atoms with Crippen molar-refractivity contribution in [1.82, 2.24) is 0 Å². The fourth-order valence-electron chi connectivity index (χ4n) is 2.39. The number of ether oxygens (including phenoxy) is 1. The molecule has 5 nitrogen and oxygen atoms in total. The Kier molecular flexibility index (Phi) is 7.66. The number of rotatable bonds is 9. The highest BCUT2D eigenvalue weighted by atomic mass is 79.9. The number of amides is 2. The first kappa shape index (κ1) is 20.0. The lowest BCUT2D eigenvalue weighted by atomic mass is 10.1. The summed E-state index contributed by atoms with van der Waals surface area (Å²) in [4.78, 5) is 23.4. The van der Waals surface area contributed by atoms with Gasteiger partial charge in [0.05, 0.1) is 11.1 Å². The van der Waals surface area contributed by atoms with E-state index in [1.54, 1.807) is 42.5 Å². The SMILES string of the molecule is CCCCCCOc1ccc(C(=O)Nc2ccc(C(N)=O)cc2)cc1Br. The molecule has 0 aliphatic heterocycles. The molecule has 0 aliphatic carbocycles. The highest BCUT2D eigenvalue weighted by Gasteiger charge is 2.10. The van der Waals surface area contributed by atoms with Gasteiger partial charge in [-0.15, -0.1) is 0 Å². The van der Waals surface area contributed by atoms with Crippen LogP contribution in [0.2, 0.25) is 0 Å². The molecule has 0 heterocycles. The molecule has 138 valence electrons. The third kappa shape index (κ3) is 5.88. The van der Waals surface area contributed by atoms with Crippen LogP contribution in [0.1, 0.15) is 53.3 Å². The Hall–Kier alpha value is -2.34. The van der Waals surface area contributed by atoms with Gasteiger partial charge in [-0.25, -0.2) is 0 Å². The molecule has 0 aliphatic rings. The molecular weight excluding hydrogens is 396 g/mol. The lowest BCUT2D eigenvalue weighted by Crippen LogP contribution is -2.13. The summed E-state index contributed by atoms with van der Waals surface area (Å²) in [5.74, 6) is -0.0204. The van der Waals surface area contributed by atoms with Crippen LogP contribution in [0.15, 0.2) is 46.9 Å². The third-order valence-corrected chi connectivity index (χ3v) is 4.50. The molecule has 2 amide bonds. The average Bonchev–Trinajstić information content (AvgIpc) is 2.63. The van der Waals surface area contributed by atoms with Crippen molar-refractivity contribution in [1.29, 1.82) is 0 Å². The van der Waals surface area contributed by atoms with Crippen molar-refractivity contribution < 1.29 is 14.3 Å². The zero-order chi connectivity index (χ0) is 18.9. The van der Waals surface area contributed by atoms with Gasteiger partial charge >= 0.3 is 0 Å². The van der Waals surface area contributed by atoms with E-state index in [1.807, 2.05) is 0 Å². The van der Waals surface area contributed by atoms with Crippen LogP contribution in [-0.4, -0.2) is 18.4 Å². The first-order valence-corrected chi connectivity index (χ1v) is 9.44. The van der Waals surface area contributed by atoms with E-state index < -0.39 is 5.91 Å². The number of carbonyl (C=O) groups excluding carboxylic acids is 2. The minimum absolute atomic E-state index is 0.243. The topological polar surface area (TPSA) is 81.4 Å². The van der Waals surface area contributed by atoms with Crippen molar-refractivity contribution in [3.63, 3.8) is 0 Å². The Balaban J connectivity index is 1.94. The second-order valence-electron chi connectivity index (χ2n) is 5.95. The maximum absolute atomic E-state index is 12.4. The molecule has 2 rings (SSSR count). The van der Waals surface area contributed by atoms with Crippen molar-refractivity contribution >= 4 is 33.4 Å². The number of anilines is 1. The van der Waals surface area contributed by atoms with Gasteiger partial charge in [-0.05, 0) is 64.8 Å². The van der Waals surface area contributed by atoms with Gasteiger partial charge in [0, 0.05) is 16.8 Å². The van der Waals surface area contributed by atoms with Gasteiger partial charge in [0.25, 0.3) is 5.91 Å². The minimum Gasteiger partial charge on any atom is -0.492 e. The molecule has 0 aromatic heterocycles. The number of primary amides is 1. The molecule has 0 atom stereocenters. The Morgan fingerprint density at radius 3 is 2.35 bits per heavy atom. The molecule has 2 aromatic carbocycles. The van der Waals surface area contributed by atoms with Crippen LogP contribution in [0.5, 0.6) is 5.75 Å². The maximum Gasteiger partial charge on any atom is 0.255 e. The summed E-state index contributed by atoms with van der Waals surface area (Å²) in [6, 6.07) is 11.7. The summed E-state index contributed by atoms with van der Waals surface area (Å²) in [6.07, 6.45) is 4.58. The van der Waals surface area contributed by atoms with Gasteiger partial charge in [0.2, 0.25) is 5.91 Å². The predicted octanol–water partition coefficient (Wildman–Crippen LogP) is 4.76. The van der Waals surface area contributed by atoms with Crippen LogP contribution >= 0.6 is 15.9 Å². The molecule has 0 bridgehead atoms. The molecule has 26 heavy (non-hydrogen) atoms. The summed E-state index contributed by atoms with van der Waals surface area (Å²) in [6.45, 7) is 2.84. The normalized spacial score (nSPS) is 10.4. The van der Waals surface area contributed by atoms with Crippen molar-refractivity contribution in [2.24, 2.45) is 5.73 Å². The molecule has 0 unspecified atom stereocenters. The highest BCUT2D eigenvalue weighted by Crippen LogP contribution is 2.26. The number of benzene rings is 2. The molecular formula is C20H23BrN2O3. The van der Waals surface area contributed by atoms with Crippen LogP contribution in [-0.2, 0) is 0 Å². The van der Waals surface area contributed by atoms with Crippen LogP contribution < -0.4 is 15.8 Å². The zero-order valence-corrected chi connectivity index (χ0v) is 16.3. The van der Waals surface area contributed by atoms with E-state index in [4.69, 9.17) is 10.5 Å². The van der Waals surface area contributed by atoms with Gasteiger partial charge in [0.1, 0.15) is 5.75 Å². The summed E-state index contributed by atoms with van der Waals surface area (Å²) >= 11 is 3.45. The molecule has 0 fully saturated rings. The maximum atomic E-state index is 12.4. The second-order valence-corrected chi connectivity index (χ2v) is 6.80. The predicted molar refractivity (Wildman–Crippen MR) is 107 cm³/mol. The highest BCUT2D eigenvalue weighted by molar-refractivity contribution is 9.10. The monoisotopic (exact) mass is 418 g/mol. The van der Waals surface area contributed by atoms with Gasteiger partial charge in [0.15, 0.2) is 0 Å². The Morgan fingerprint density at radius 2 is 1.73 bits per heavy atom. The molecule has 0 saturated heterocycles. The first-order valence-electron chi connectivity index (χ1n) is 8.65. The van der Waals surface area contributed by atoms with E-state index in [-0.39, 0.29) is 5.91 Å². The fourth-order valence-corrected chi connectivity index (χ4v) is 2.88. The molecule has 6 heteroatoms. The van der Waals surface area contributed by atoms with Crippen molar-refractivity contribution in [3.05, 3.63) is 58.1 Å².